The van der Waals surface area contributed by atoms with Gasteiger partial charge in [0.25, 0.3) is 0 Å². The molecule has 0 spiro atoms. The minimum Gasteiger partial charge on any atom is -0.496 e. The van der Waals surface area contributed by atoms with Gasteiger partial charge in [0, 0.05) is 28.9 Å². The van der Waals surface area contributed by atoms with Crippen LogP contribution in [0.2, 0.25) is 5.02 Å². The maximum atomic E-state index is 5.98. The highest BCUT2D eigenvalue weighted by molar-refractivity contribution is 6.30. The Morgan fingerprint density at radius 2 is 1.82 bits per heavy atom. The van der Waals surface area contributed by atoms with Crippen LogP contribution in [0.15, 0.2) is 54.6 Å². The van der Waals surface area contributed by atoms with Gasteiger partial charge in [-0.25, -0.2) is 4.98 Å². The lowest BCUT2D eigenvalue weighted by Crippen LogP contribution is -2.07. The number of ether oxygens (including phenoxy) is 1. The van der Waals surface area contributed by atoms with E-state index in [-0.39, 0.29) is 0 Å². The number of nitrogens with one attached hydrogen (secondary N) is 1. The number of rotatable bonds is 5. The Kier molecular flexibility index (Phi) is 4.92. The van der Waals surface area contributed by atoms with Crippen LogP contribution >= 0.6 is 11.6 Å². The third-order valence-electron chi connectivity index (χ3n) is 4.66. The number of fused-ring (bicyclic) bond motifs is 1. The highest BCUT2D eigenvalue weighted by Gasteiger charge is 2.18. The second kappa shape index (κ2) is 7.52. The number of aryl methyl sites for hydroxylation is 2. The van der Waals surface area contributed by atoms with E-state index in [4.69, 9.17) is 26.4 Å². The molecule has 0 saturated carbocycles. The van der Waals surface area contributed by atoms with E-state index in [1.165, 1.54) is 0 Å². The summed E-state index contributed by atoms with van der Waals surface area (Å²) >= 11 is 5.98. The first-order chi connectivity index (χ1) is 13.6. The highest BCUT2D eigenvalue weighted by atomic mass is 35.5. The van der Waals surface area contributed by atoms with E-state index in [2.05, 4.69) is 5.32 Å². The number of hydrogen-bond donors (Lipinski definition) is 1. The summed E-state index contributed by atoms with van der Waals surface area (Å²) < 4.78 is 7.42. The Labute approximate surface area is 168 Å². The molecule has 0 aliphatic heterocycles. The van der Waals surface area contributed by atoms with E-state index >= 15 is 0 Å². The number of aromatic nitrogens is 3. The fraction of sp³-hybridized carbons (Fsp3) is 0.182. The monoisotopic (exact) mass is 392 g/mol. The van der Waals surface area contributed by atoms with Crippen LogP contribution in [-0.4, -0.2) is 21.7 Å². The molecule has 0 atom stereocenters. The molecule has 2 aromatic heterocycles. The molecule has 0 unspecified atom stereocenters. The van der Waals surface area contributed by atoms with Crippen molar-refractivity contribution in [2.45, 2.75) is 20.4 Å². The topological polar surface area (TPSA) is 51.5 Å². The summed E-state index contributed by atoms with van der Waals surface area (Å²) in [6.07, 6.45) is 0. The Balaban J connectivity index is 1.78. The molecule has 2 aromatic carbocycles. The van der Waals surface area contributed by atoms with Gasteiger partial charge >= 0.3 is 0 Å². The van der Waals surface area contributed by atoms with E-state index in [9.17, 15) is 0 Å². The molecule has 0 aliphatic rings. The third kappa shape index (κ3) is 3.41. The van der Waals surface area contributed by atoms with Crippen molar-refractivity contribution in [1.82, 2.24) is 14.6 Å². The van der Waals surface area contributed by atoms with Crippen LogP contribution in [0.5, 0.6) is 5.75 Å². The minimum atomic E-state index is 0.665. The van der Waals surface area contributed by atoms with E-state index in [0.717, 1.165) is 50.3 Å². The van der Waals surface area contributed by atoms with Crippen LogP contribution in [0, 0.1) is 13.8 Å². The van der Waals surface area contributed by atoms with Gasteiger partial charge in [0.15, 0.2) is 5.65 Å². The fourth-order valence-corrected chi connectivity index (χ4v) is 3.46. The lowest BCUT2D eigenvalue weighted by Gasteiger charge is -2.11. The molecule has 0 saturated heterocycles. The van der Waals surface area contributed by atoms with Crippen molar-refractivity contribution in [3.8, 4) is 16.9 Å². The Bertz CT molecular complexity index is 1140. The van der Waals surface area contributed by atoms with Crippen LogP contribution in [-0.2, 0) is 6.54 Å². The molecule has 0 radical (unpaired) electrons. The predicted molar refractivity (Wildman–Crippen MR) is 113 cm³/mol. The van der Waals surface area contributed by atoms with Crippen molar-refractivity contribution < 1.29 is 4.74 Å². The predicted octanol–water partition coefficient (Wildman–Crippen LogP) is 5.29. The molecular weight excluding hydrogens is 372 g/mol. The van der Waals surface area contributed by atoms with Crippen molar-refractivity contribution in [3.63, 3.8) is 0 Å². The summed E-state index contributed by atoms with van der Waals surface area (Å²) in [6, 6.07) is 17.7. The second-order valence-corrected chi connectivity index (χ2v) is 7.10. The lowest BCUT2D eigenvalue weighted by molar-refractivity contribution is 0.416. The molecule has 1 N–H and O–H groups in total. The molecule has 0 amide bonds. The molecule has 2 heterocycles. The quantitative estimate of drug-likeness (QED) is 0.501. The molecule has 4 rings (SSSR count). The number of halogens is 1. The van der Waals surface area contributed by atoms with Gasteiger partial charge in [-0.05, 0) is 37.6 Å². The van der Waals surface area contributed by atoms with Gasteiger partial charge in [-0.15, -0.1) is 0 Å². The Morgan fingerprint density at radius 3 is 2.57 bits per heavy atom. The number of anilines is 1. The molecule has 28 heavy (non-hydrogen) atoms. The van der Waals surface area contributed by atoms with Crippen molar-refractivity contribution >= 4 is 23.1 Å². The molecule has 0 aliphatic carbocycles. The summed E-state index contributed by atoms with van der Waals surface area (Å²) in [5.74, 6) is 1.70. The standard InChI is InChI=1S/C22H21ClN4O/c1-14-12-20(24-13-16-8-10-17(23)11-9-16)27-22(25-14)21(15(2)26-27)18-6-4-5-7-19(18)28-3/h4-12,24H,13H2,1-3H3. The number of methoxy groups -OCH3 is 1. The van der Waals surface area contributed by atoms with Gasteiger partial charge in [0.05, 0.1) is 18.4 Å². The molecule has 6 heteroatoms. The Hall–Kier alpha value is -3.05. The molecule has 142 valence electrons. The maximum Gasteiger partial charge on any atom is 0.165 e. The van der Waals surface area contributed by atoms with Gasteiger partial charge in [0.1, 0.15) is 11.6 Å². The first-order valence-electron chi connectivity index (χ1n) is 9.05. The number of para-hydroxylation sites is 1. The van der Waals surface area contributed by atoms with Crippen molar-refractivity contribution in [3.05, 3.63) is 76.6 Å². The summed E-state index contributed by atoms with van der Waals surface area (Å²) in [7, 11) is 1.68. The third-order valence-corrected chi connectivity index (χ3v) is 4.91. The normalized spacial score (nSPS) is 11.0. The smallest absolute Gasteiger partial charge is 0.165 e. The lowest BCUT2D eigenvalue weighted by atomic mass is 10.1. The zero-order valence-corrected chi connectivity index (χ0v) is 16.8. The summed E-state index contributed by atoms with van der Waals surface area (Å²) in [6.45, 7) is 4.65. The average Bonchev–Trinajstić information content (AvgIpc) is 3.03. The SMILES string of the molecule is COc1ccccc1-c1c(C)nn2c(NCc3ccc(Cl)cc3)cc(C)nc12. The maximum absolute atomic E-state index is 5.98. The van der Waals surface area contributed by atoms with E-state index in [1.54, 1.807) is 7.11 Å². The van der Waals surface area contributed by atoms with Crippen LogP contribution < -0.4 is 10.1 Å². The number of benzene rings is 2. The van der Waals surface area contributed by atoms with Crippen LogP contribution in [0.25, 0.3) is 16.8 Å². The molecule has 0 bridgehead atoms. The summed E-state index contributed by atoms with van der Waals surface area (Å²) in [5, 5.41) is 8.95. The average molecular weight is 393 g/mol. The summed E-state index contributed by atoms with van der Waals surface area (Å²) in [5.41, 5.74) is 5.73. The first kappa shape index (κ1) is 18.3. The van der Waals surface area contributed by atoms with Gasteiger partial charge in [-0.2, -0.15) is 9.61 Å². The highest BCUT2D eigenvalue weighted by Crippen LogP contribution is 2.35. The van der Waals surface area contributed by atoms with Gasteiger partial charge < -0.3 is 10.1 Å². The van der Waals surface area contributed by atoms with Crippen molar-refractivity contribution in [2.75, 3.05) is 12.4 Å². The van der Waals surface area contributed by atoms with Gasteiger partial charge in [0.2, 0.25) is 0 Å². The first-order valence-corrected chi connectivity index (χ1v) is 9.43. The van der Waals surface area contributed by atoms with E-state index in [1.807, 2.05) is 73.0 Å². The van der Waals surface area contributed by atoms with Gasteiger partial charge in [-0.3, -0.25) is 0 Å². The van der Waals surface area contributed by atoms with Crippen LogP contribution in [0.1, 0.15) is 17.0 Å². The summed E-state index contributed by atoms with van der Waals surface area (Å²) in [4.78, 5) is 4.76. The minimum absolute atomic E-state index is 0.665. The fourth-order valence-electron chi connectivity index (χ4n) is 3.33. The zero-order chi connectivity index (χ0) is 19.7. The van der Waals surface area contributed by atoms with Gasteiger partial charge in [-0.1, -0.05) is 41.9 Å². The Morgan fingerprint density at radius 1 is 1.07 bits per heavy atom. The van der Waals surface area contributed by atoms with E-state index in [0.29, 0.717) is 6.54 Å². The van der Waals surface area contributed by atoms with Crippen LogP contribution in [0.4, 0.5) is 5.82 Å². The molecule has 5 nitrogen and oxygen atoms in total. The number of nitrogens with zero attached hydrogens (tertiary/aromatic N) is 3. The van der Waals surface area contributed by atoms with E-state index < -0.39 is 0 Å². The molecular formula is C22H21ClN4O. The van der Waals surface area contributed by atoms with Crippen molar-refractivity contribution in [2.24, 2.45) is 0 Å². The van der Waals surface area contributed by atoms with Crippen LogP contribution in [0.3, 0.4) is 0 Å². The number of hydrogen-bond acceptors (Lipinski definition) is 4. The molecule has 4 aromatic rings. The zero-order valence-electron chi connectivity index (χ0n) is 16.0. The van der Waals surface area contributed by atoms with Crippen molar-refractivity contribution in [1.29, 1.82) is 0 Å². The second-order valence-electron chi connectivity index (χ2n) is 6.66. The molecule has 0 fully saturated rings. The largest absolute Gasteiger partial charge is 0.496 e.